The zero-order valence-electron chi connectivity index (χ0n) is 7.02. The number of hydrogen-bond donors (Lipinski definition) is 0. The summed E-state index contributed by atoms with van der Waals surface area (Å²) in [7, 11) is 0. The van der Waals surface area contributed by atoms with Crippen molar-refractivity contribution in [1.29, 1.82) is 0 Å². The van der Waals surface area contributed by atoms with Crippen LogP contribution < -0.4 is 10.7 Å². The van der Waals surface area contributed by atoms with Gasteiger partial charge < -0.3 is 0 Å². The first kappa shape index (κ1) is 6.65. The summed E-state index contributed by atoms with van der Waals surface area (Å²) in [5.41, 5.74) is 1.78. The molecule has 3 rings (SSSR count). The minimum absolute atomic E-state index is 0.783. The Kier molecular flexibility index (Phi) is 1.07. The van der Waals surface area contributed by atoms with Crippen molar-refractivity contribution in [2.75, 3.05) is 0 Å². The molecule has 1 aromatic carbocycles. The summed E-state index contributed by atoms with van der Waals surface area (Å²) in [5, 5.41) is 1.70. The van der Waals surface area contributed by atoms with Gasteiger partial charge in [0.15, 0.2) is 0 Å². The predicted octanol–water partition coefficient (Wildman–Crippen LogP) is 0.663. The van der Waals surface area contributed by atoms with E-state index in [2.05, 4.69) is 20.0 Å². The third-order valence-corrected chi connectivity index (χ3v) is 2.05. The summed E-state index contributed by atoms with van der Waals surface area (Å²) in [6, 6.07) is 3.84. The van der Waals surface area contributed by atoms with E-state index in [-0.39, 0.29) is 0 Å². The van der Waals surface area contributed by atoms with Gasteiger partial charge in [0.1, 0.15) is 22.9 Å². The maximum absolute atomic E-state index is 4.30. The lowest BCUT2D eigenvalue weighted by Crippen LogP contribution is -2.23. The summed E-state index contributed by atoms with van der Waals surface area (Å²) in [4.78, 5) is 16.8. The van der Waals surface area contributed by atoms with Gasteiger partial charge in [-0.2, -0.15) is 0 Å². The molecular weight excluding hydrogens is 164 g/mol. The fourth-order valence-corrected chi connectivity index (χ4v) is 1.50. The summed E-state index contributed by atoms with van der Waals surface area (Å²) in [5.74, 6) is 0.783. The molecule has 0 saturated heterocycles. The molecule has 0 fully saturated rings. The number of aliphatic imine (C=N–C) groups is 2. The number of benzene rings is 1. The van der Waals surface area contributed by atoms with Crippen LogP contribution in [-0.4, -0.2) is 12.2 Å². The van der Waals surface area contributed by atoms with Crippen LogP contribution in [0.3, 0.4) is 0 Å². The van der Waals surface area contributed by atoms with Crippen LogP contribution in [-0.2, 0) is 0 Å². The molecule has 0 saturated carbocycles. The van der Waals surface area contributed by atoms with Gasteiger partial charge in [0.05, 0.1) is 11.4 Å². The van der Waals surface area contributed by atoms with Gasteiger partial charge in [-0.3, -0.25) is 0 Å². The van der Waals surface area contributed by atoms with Crippen molar-refractivity contribution in [3.05, 3.63) is 22.8 Å². The van der Waals surface area contributed by atoms with Crippen molar-refractivity contribution in [2.24, 2.45) is 20.0 Å². The van der Waals surface area contributed by atoms with E-state index in [1.807, 2.05) is 19.1 Å². The third-order valence-electron chi connectivity index (χ3n) is 2.05. The van der Waals surface area contributed by atoms with Crippen LogP contribution in [0.4, 0.5) is 11.4 Å². The molecule has 0 atom stereocenters. The molecule has 1 aromatic rings. The molecule has 0 aromatic heterocycles. The molecule has 2 aliphatic rings. The topological polar surface area (TPSA) is 49.4 Å². The van der Waals surface area contributed by atoms with Crippen molar-refractivity contribution < 1.29 is 0 Å². The molecule has 2 heterocycles. The smallest absolute Gasteiger partial charge is 0.126 e. The predicted molar refractivity (Wildman–Crippen MR) is 49.7 cm³/mol. The van der Waals surface area contributed by atoms with Gasteiger partial charge in [0.2, 0.25) is 0 Å². The van der Waals surface area contributed by atoms with Crippen LogP contribution in [0.15, 0.2) is 32.1 Å². The van der Waals surface area contributed by atoms with Crippen molar-refractivity contribution in [3.63, 3.8) is 0 Å². The average Bonchev–Trinajstić information content (AvgIpc) is 2.65. The Morgan fingerprint density at radius 3 is 2.77 bits per heavy atom. The minimum atomic E-state index is 0.783. The Bertz CT molecular complexity index is 566. The van der Waals surface area contributed by atoms with Crippen LogP contribution in [0.2, 0.25) is 0 Å². The second-order valence-corrected chi connectivity index (χ2v) is 2.95. The van der Waals surface area contributed by atoms with E-state index in [1.165, 1.54) is 0 Å². The van der Waals surface area contributed by atoms with Crippen LogP contribution in [0.1, 0.15) is 6.92 Å². The zero-order valence-corrected chi connectivity index (χ0v) is 7.02. The summed E-state index contributed by atoms with van der Waals surface area (Å²) < 4.78 is 0. The van der Waals surface area contributed by atoms with Crippen LogP contribution in [0.5, 0.6) is 0 Å². The van der Waals surface area contributed by atoms with Crippen molar-refractivity contribution >= 4 is 23.5 Å². The third kappa shape index (κ3) is 0.796. The first-order valence-corrected chi connectivity index (χ1v) is 4.02. The number of fused-ring (bicyclic) bond motifs is 3. The molecule has 0 spiro atoms. The molecule has 0 amide bonds. The lowest BCUT2D eigenvalue weighted by atomic mass is 10.2. The first-order chi connectivity index (χ1) is 6.34. The molecule has 0 N–H and O–H groups in total. The second-order valence-electron chi connectivity index (χ2n) is 2.95. The lowest BCUT2D eigenvalue weighted by molar-refractivity contribution is 1.32. The van der Waals surface area contributed by atoms with Crippen molar-refractivity contribution in [2.45, 2.75) is 6.92 Å². The van der Waals surface area contributed by atoms with Crippen molar-refractivity contribution in [1.82, 2.24) is 0 Å². The summed E-state index contributed by atoms with van der Waals surface area (Å²) >= 11 is 0. The highest BCUT2D eigenvalue weighted by Gasteiger charge is 2.10. The fourth-order valence-electron chi connectivity index (χ4n) is 1.50. The Morgan fingerprint density at radius 2 is 1.85 bits per heavy atom. The molecule has 0 bridgehead atoms. The highest BCUT2D eigenvalue weighted by atomic mass is 15.0. The van der Waals surface area contributed by atoms with E-state index in [4.69, 9.17) is 0 Å². The van der Waals surface area contributed by atoms with E-state index in [1.54, 1.807) is 6.34 Å². The maximum atomic E-state index is 4.30. The van der Waals surface area contributed by atoms with E-state index < -0.39 is 0 Å². The van der Waals surface area contributed by atoms with Crippen LogP contribution in [0, 0.1) is 0 Å². The molecule has 4 nitrogen and oxygen atoms in total. The Balaban J connectivity index is 2.50. The van der Waals surface area contributed by atoms with E-state index >= 15 is 0 Å². The van der Waals surface area contributed by atoms with E-state index in [0.29, 0.717) is 0 Å². The minimum Gasteiger partial charge on any atom is -0.235 e. The Labute approximate surface area is 74.1 Å². The molecule has 2 aliphatic heterocycles. The SMILES string of the molecule is CC1=Nc2ccc3c(c2=N1)=NC=N3. The van der Waals surface area contributed by atoms with Crippen LogP contribution >= 0.6 is 0 Å². The van der Waals surface area contributed by atoms with Gasteiger partial charge >= 0.3 is 0 Å². The number of amidine groups is 1. The Hall–Kier alpha value is -1.84. The quantitative estimate of drug-likeness (QED) is 0.549. The van der Waals surface area contributed by atoms with Gasteiger partial charge in [-0.1, -0.05) is 0 Å². The molecule has 0 radical (unpaired) electrons. The number of nitrogens with zero attached hydrogens (tertiary/aromatic N) is 4. The molecule has 62 valence electrons. The first-order valence-electron chi connectivity index (χ1n) is 4.02. The number of hydrogen-bond acceptors (Lipinski definition) is 4. The van der Waals surface area contributed by atoms with Gasteiger partial charge in [-0.15, -0.1) is 0 Å². The largest absolute Gasteiger partial charge is 0.235 e. The van der Waals surface area contributed by atoms with Crippen molar-refractivity contribution in [3.8, 4) is 0 Å². The van der Waals surface area contributed by atoms with E-state index in [9.17, 15) is 0 Å². The summed E-state index contributed by atoms with van der Waals surface area (Å²) in [6.45, 7) is 1.88. The van der Waals surface area contributed by atoms with Crippen LogP contribution in [0.25, 0.3) is 0 Å². The number of rotatable bonds is 0. The van der Waals surface area contributed by atoms with E-state index in [0.717, 1.165) is 27.9 Å². The monoisotopic (exact) mass is 170 g/mol. The molecule has 13 heavy (non-hydrogen) atoms. The molecule has 0 unspecified atom stereocenters. The molecule has 0 aliphatic carbocycles. The normalized spacial score (nSPS) is 15.9. The summed E-state index contributed by atoms with van der Waals surface area (Å²) in [6.07, 6.45) is 1.55. The fraction of sp³-hybridized carbons (Fsp3) is 0.111. The Morgan fingerprint density at radius 1 is 1.00 bits per heavy atom. The zero-order chi connectivity index (χ0) is 8.84. The second kappa shape index (κ2) is 2.10. The van der Waals surface area contributed by atoms with Gasteiger partial charge in [-0.05, 0) is 19.1 Å². The molecular formula is C9H6N4. The molecule has 4 heteroatoms. The van der Waals surface area contributed by atoms with Gasteiger partial charge in [0, 0.05) is 0 Å². The maximum Gasteiger partial charge on any atom is 0.126 e. The lowest BCUT2D eigenvalue weighted by Gasteiger charge is -1.89. The standard InChI is InChI=1S/C9H6N4/c1-5-12-7-3-2-6-8(9(7)13-5)11-4-10-6/h2-4H,1H3. The highest BCUT2D eigenvalue weighted by Crippen LogP contribution is 2.14. The van der Waals surface area contributed by atoms with Gasteiger partial charge in [-0.25, -0.2) is 20.0 Å². The van der Waals surface area contributed by atoms with Gasteiger partial charge in [0.25, 0.3) is 0 Å². The average molecular weight is 170 g/mol. The highest BCUT2D eigenvalue weighted by molar-refractivity contribution is 5.86.